The molecule has 0 fully saturated rings. The predicted molar refractivity (Wildman–Crippen MR) is 85.0 cm³/mol. The van der Waals surface area contributed by atoms with Crippen molar-refractivity contribution in [2.24, 2.45) is 0 Å². The number of aliphatic hydroxyl groups excluding tert-OH is 1. The summed E-state index contributed by atoms with van der Waals surface area (Å²) in [4.78, 5) is 4.14. The lowest BCUT2D eigenvalue weighted by Gasteiger charge is -2.15. The van der Waals surface area contributed by atoms with E-state index in [1.165, 1.54) is 0 Å². The Labute approximate surface area is 130 Å². The minimum atomic E-state index is -0.727. The largest absolute Gasteiger partial charge is 0.384 e. The Hall–Kier alpha value is -1.42. The average molecular weight is 349 g/mol. The highest BCUT2D eigenvalue weighted by Crippen LogP contribution is 2.33. The van der Waals surface area contributed by atoms with Crippen molar-refractivity contribution >= 4 is 38.3 Å². The van der Waals surface area contributed by atoms with Gasteiger partial charge in [0.1, 0.15) is 6.10 Å². The quantitative estimate of drug-likeness (QED) is 0.726. The fraction of sp³-hybridized carbons (Fsp3) is 0.0625. The molecule has 2 aromatic carbocycles. The lowest BCUT2D eigenvalue weighted by atomic mass is 9.97. The standard InChI is InChI=1S/C16H11BrClNO/c17-15-8-11(18)4-5-13(15)16(20)12-3-1-2-10-6-7-19-9-14(10)12/h1-9,16,20H. The molecule has 0 bridgehead atoms. The molecular weight excluding hydrogens is 338 g/mol. The van der Waals surface area contributed by atoms with Crippen LogP contribution in [0.3, 0.4) is 0 Å². The number of aromatic nitrogens is 1. The maximum Gasteiger partial charge on any atom is 0.106 e. The number of aliphatic hydroxyl groups is 1. The molecule has 0 saturated heterocycles. The van der Waals surface area contributed by atoms with Crippen LogP contribution in [0, 0.1) is 0 Å². The number of nitrogens with zero attached hydrogens (tertiary/aromatic N) is 1. The number of halogens is 2. The van der Waals surface area contributed by atoms with Gasteiger partial charge in [0.15, 0.2) is 0 Å². The van der Waals surface area contributed by atoms with Gasteiger partial charge in [0.2, 0.25) is 0 Å². The first-order valence-electron chi connectivity index (χ1n) is 6.12. The molecule has 20 heavy (non-hydrogen) atoms. The maximum atomic E-state index is 10.7. The topological polar surface area (TPSA) is 33.1 Å². The van der Waals surface area contributed by atoms with Gasteiger partial charge in [0.25, 0.3) is 0 Å². The van der Waals surface area contributed by atoms with Gasteiger partial charge in [-0.3, -0.25) is 4.98 Å². The molecule has 1 unspecified atom stereocenters. The summed E-state index contributed by atoms with van der Waals surface area (Å²) in [6.45, 7) is 0. The van der Waals surface area contributed by atoms with E-state index in [1.807, 2.05) is 30.3 Å². The predicted octanol–water partition coefficient (Wildman–Crippen LogP) is 4.73. The van der Waals surface area contributed by atoms with E-state index in [2.05, 4.69) is 20.9 Å². The Balaban J connectivity index is 2.15. The number of hydrogen-bond acceptors (Lipinski definition) is 2. The summed E-state index contributed by atoms with van der Waals surface area (Å²) >= 11 is 9.39. The molecule has 100 valence electrons. The summed E-state index contributed by atoms with van der Waals surface area (Å²) in [6, 6.07) is 13.2. The summed E-state index contributed by atoms with van der Waals surface area (Å²) < 4.78 is 0.790. The van der Waals surface area contributed by atoms with Gasteiger partial charge in [-0.25, -0.2) is 0 Å². The van der Waals surface area contributed by atoms with Crippen LogP contribution in [-0.2, 0) is 0 Å². The lowest BCUT2D eigenvalue weighted by molar-refractivity contribution is 0.221. The Bertz CT molecular complexity index is 770. The molecule has 0 saturated carbocycles. The first kappa shape index (κ1) is 13.6. The van der Waals surface area contributed by atoms with Gasteiger partial charge < -0.3 is 5.11 Å². The highest BCUT2D eigenvalue weighted by Gasteiger charge is 2.16. The SMILES string of the molecule is OC(c1ccc(Cl)cc1Br)c1cccc2ccncc12. The summed E-state index contributed by atoms with van der Waals surface area (Å²) in [5, 5.41) is 13.3. The molecule has 0 spiro atoms. The van der Waals surface area contributed by atoms with Crippen molar-refractivity contribution in [3.8, 4) is 0 Å². The molecule has 1 atom stereocenters. The van der Waals surface area contributed by atoms with Gasteiger partial charge in [-0.1, -0.05) is 51.8 Å². The van der Waals surface area contributed by atoms with Gasteiger partial charge in [-0.15, -0.1) is 0 Å². The Kier molecular flexibility index (Phi) is 3.74. The highest BCUT2D eigenvalue weighted by atomic mass is 79.9. The molecule has 1 heterocycles. The molecule has 2 nitrogen and oxygen atoms in total. The molecule has 3 aromatic rings. The van der Waals surface area contributed by atoms with Gasteiger partial charge in [-0.2, -0.15) is 0 Å². The molecule has 0 aliphatic heterocycles. The van der Waals surface area contributed by atoms with Gasteiger partial charge >= 0.3 is 0 Å². The van der Waals surface area contributed by atoms with Crippen LogP contribution in [0.5, 0.6) is 0 Å². The van der Waals surface area contributed by atoms with E-state index in [9.17, 15) is 5.11 Å². The fourth-order valence-corrected chi connectivity index (χ4v) is 3.17. The molecule has 0 radical (unpaired) electrons. The van der Waals surface area contributed by atoms with E-state index in [0.717, 1.165) is 26.4 Å². The number of fused-ring (bicyclic) bond motifs is 1. The summed E-state index contributed by atoms with van der Waals surface area (Å²) in [6.07, 6.45) is 2.79. The Morgan fingerprint density at radius 2 is 1.95 bits per heavy atom. The van der Waals surface area contributed by atoms with Gasteiger partial charge in [0, 0.05) is 27.3 Å². The van der Waals surface area contributed by atoms with E-state index in [0.29, 0.717) is 5.02 Å². The van der Waals surface area contributed by atoms with E-state index in [4.69, 9.17) is 11.6 Å². The van der Waals surface area contributed by atoms with Crippen LogP contribution in [-0.4, -0.2) is 10.1 Å². The third kappa shape index (κ3) is 2.44. The van der Waals surface area contributed by atoms with E-state index >= 15 is 0 Å². The third-order valence-corrected chi connectivity index (χ3v) is 4.19. The third-order valence-electron chi connectivity index (χ3n) is 3.27. The average Bonchev–Trinajstić information content (AvgIpc) is 2.46. The zero-order valence-electron chi connectivity index (χ0n) is 10.4. The van der Waals surface area contributed by atoms with Crippen molar-refractivity contribution in [2.75, 3.05) is 0 Å². The maximum absolute atomic E-state index is 10.7. The van der Waals surface area contributed by atoms with Crippen molar-refractivity contribution < 1.29 is 5.11 Å². The summed E-state index contributed by atoms with van der Waals surface area (Å²) in [7, 11) is 0. The van der Waals surface area contributed by atoms with Crippen LogP contribution in [0.1, 0.15) is 17.2 Å². The Morgan fingerprint density at radius 3 is 2.75 bits per heavy atom. The van der Waals surface area contributed by atoms with Gasteiger partial charge in [0.05, 0.1) is 0 Å². The van der Waals surface area contributed by atoms with Crippen LogP contribution >= 0.6 is 27.5 Å². The molecule has 1 aromatic heterocycles. The smallest absolute Gasteiger partial charge is 0.106 e. The van der Waals surface area contributed by atoms with Crippen molar-refractivity contribution in [3.05, 3.63) is 75.5 Å². The zero-order chi connectivity index (χ0) is 14.1. The van der Waals surface area contributed by atoms with Crippen molar-refractivity contribution in [2.45, 2.75) is 6.10 Å². The minimum absolute atomic E-state index is 0.632. The van der Waals surface area contributed by atoms with Crippen LogP contribution in [0.25, 0.3) is 10.8 Å². The number of pyridine rings is 1. The van der Waals surface area contributed by atoms with E-state index in [-0.39, 0.29) is 0 Å². The molecule has 0 aliphatic carbocycles. The second kappa shape index (κ2) is 5.52. The molecule has 0 aliphatic rings. The second-order valence-corrected chi connectivity index (χ2v) is 5.80. The van der Waals surface area contributed by atoms with Crippen LogP contribution in [0.4, 0.5) is 0 Å². The van der Waals surface area contributed by atoms with Crippen molar-refractivity contribution in [1.82, 2.24) is 4.98 Å². The van der Waals surface area contributed by atoms with Crippen LogP contribution in [0.15, 0.2) is 59.3 Å². The lowest BCUT2D eigenvalue weighted by Crippen LogP contribution is -2.01. The van der Waals surface area contributed by atoms with Crippen molar-refractivity contribution in [3.63, 3.8) is 0 Å². The minimum Gasteiger partial charge on any atom is -0.384 e. The number of rotatable bonds is 2. The van der Waals surface area contributed by atoms with E-state index < -0.39 is 6.10 Å². The first-order chi connectivity index (χ1) is 9.66. The number of hydrogen-bond donors (Lipinski definition) is 1. The van der Waals surface area contributed by atoms with E-state index in [1.54, 1.807) is 24.5 Å². The monoisotopic (exact) mass is 347 g/mol. The van der Waals surface area contributed by atoms with Crippen LogP contribution < -0.4 is 0 Å². The van der Waals surface area contributed by atoms with Gasteiger partial charge in [-0.05, 0) is 34.7 Å². The molecule has 0 amide bonds. The summed E-state index contributed by atoms with van der Waals surface area (Å²) in [5.74, 6) is 0. The molecule has 3 rings (SSSR count). The fourth-order valence-electron chi connectivity index (χ4n) is 2.27. The first-order valence-corrected chi connectivity index (χ1v) is 7.29. The van der Waals surface area contributed by atoms with Crippen LogP contribution in [0.2, 0.25) is 5.02 Å². The molecular formula is C16H11BrClNO. The summed E-state index contributed by atoms with van der Waals surface area (Å²) in [5.41, 5.74) is 1.62. The normalized spacial score (nSPS) is 12.6. The Morgan fingerprint density at radius 1 is 1.10 bits per heavy atom. The molecule has 4 heteroatoms. The number of benzene rings is 2. The zero-order valence-corrected chi connectivity index (χ0v) is 12.8. The highest BCUT2D eigenvalue weighted by molar-refractivity contribution is 9.10. The second-order valence-electron chi connectivity index (χ2n) is 4.51. The van der Waals surface area contributed by atoms with Crippen molar-refractivity contribution in [1.29, 1.82) is 0 Å². The molecule has 1 N–H and O–H groups in total.